The maximum atomic E-state index is 12.6. The van der Waals surface area contributed by atoms with Crippen molar-refractivity contribution in [1.82, 2.24) is 9.97 Å². The first-order valence-electron chi connectivity index (χ1n) is 5.90. The van der Waals surface area contributed by atoms with Gasteiger partial charge in [-0.15, -0.1) is 0 Å². The van der Waals surface area contributed by atoms with Crippen LogP contribution in [0.5, 0.6) is 0 Å². The Bertz CT molecular complexity index is 687. The molecule has 0 unspecified atom stereocenters. The fourth-order valence-electron chi connectivity index (χ4n) is 1.80. The predicted molar refractivity (Wildman–Crippen MR) is 67.7 cm³/mol. The van der Waals surface area contributed by atoms with Gasteiger partial charge in [-0.1, -0.05) is 6.07 Å². The highest BCUT2D eigenvalue weighted by Crippen LogP contribution is 2.27. The quantitative estimate of drug-likeness (QED) is 0.644. The van der Waals surface area contributed by atoms with Gasteiger partial charge >= 0.3 is 6.18 Å². The zero-order valence-electron chi connectivity index (χ0n) is 10.9. The second kappa shape index (κ2) is 5.47. The van der Waals surface area contributed by atoms with Crippen molar-refractivity contribution >= 4 is 5.69 Å². The standard InChI is InChI=1S/C13H10F3N3O2/c1-8-6-10(19(20)21)3-2-9(8)7-12-17-5-4-11(18-12)13(14,15)16/h2-6H,7H2,1H3. The molecule has 0 spiro atoms. The first-order chi connectivity index (χ1) is 9.77. The maximum absolute atomic E-state index is 12.6. The average Bonchev–Trinajstić information content (AvgIpc) is 2.40. The number of alkyl halides is 3. The van der Waals surface area contributed by atoms with E-state index >= 15 is 0 Å². The summed E-state index contributed by atoms with van der Waals surface area (Å²) in [5.41, 5.74) is 0.165. The van der Waals surface area contributed by atoms with Crippen LogP contribution in [-0.4, -0.2) is 14.9 Å². The highest BCUT2D eigenvalue weighted by molar-refractivity contribution is 5.40. The Morgan fingerprint density at radius 1 is 1.29 bits per heavy atom. The summed E-state index contributed by atoms with van der Waals surface area (Å²) in [6.45, 7) is 1.65. The second-order valence-corrected chi connectivity index (χ2v) is 4.40. The third-order valence-electron chi connectivity index (χ3n) is 2.88. The number of aryl methyl sites for hydroxylation is 1. The minimum atomic E-state index is -4.53. The lowest BCUT2D eigenvalue weighted by atomic mass is 10.0. The number of nitrogens with zero attached hydrogens (tertiary/aromatic N) is 3. The number of non-ortho nitro benzene ring substituents is 1. The van der Waals surface area contributed by atoms with Crippen molar-refractivity contribution in [2.45, 2.75) is 19.5 Å². The number of halogens is 3. The fraction of sp³-hybridized carbons (Fsp3) is 0.231. The summed E-state index contributed by atoms with van der Waals surface area (Å²) < 4.78 is 37.7. The lowest BCUT2D eigenvalue weighted by Gasteiger charge is -2.08. The smallest absolute Gasteiger partial charge is 0.258 e. The summed E-state index contributed by atoms with van der Waals surface area (Å²) in [5, 5.41) is 10.6. The van der Waals surface area contributed by atoms with Crippen LogP contribution in [-0.2, 0) is 12.6 Å². The van der Waals surface area contributed by atoms with Crippen LogP contribution in [0.1, 0.15) is 22.6 Å². The molecule has 0 amide bonds. The van der Waals surface area contributed by atoms with E-state index in [4.69, 9.17) is 0 Å². The average molecular weight is 297 g/mol. The van der Waals surface area contributed by atoms with E-state index < -0.39 is 16.8 Å². The first kappa shape index (κ1) is 14.9. The summed E-state index contributed by atoms with van der Waals surface area (Å²) in [4.78, 5) is 17.4. The van der Waals surface area contributed by atoms with Crippen LogP contribution < -0.4 is 0 Å². The van der Waals surface area contributed by atoms with Gasteiger partial charge in [0.1, 0.15) is 11.5 Å². The zero-order valence-corrected chi connectivity index (χ0v) is 10.9. The number of rotatable bonds is 3. The molecule has 110 valence electrons. The van der Waals surface area contributed by atoms with Gasteiger partial charge in [-0.25, -0.2) is 9.97 Å². The van der Waals surface area contributed by atoms with Crippen LogP contribution in [0.25, 0.3) is 0 Å². The van der Waals surface area contributed by atoms with Gasteiger partial charge in [0.2, 0.25) is 0 Å². The molecule has 0 radical (unpaired) electrons. The molecule has 1 heterocycles. The minimum Gasteiger partial charge on any atom is -0.258 e. The van der Waals surface area contributed by atoms with E-state index in [1.165, 1.54) is 18.2 Å². The Hall–Kier alpha value is -2.51. The highest BCUT2D eigenvalue weighted by atomic mass is 19.4. The van der Waals surface area contributed by atoms with Gasteiger partial charge < -0.3 is 0 Å². The predicted octanol–water partition coefficient (Wildman–Crippen LogP) is 3.30. The number of aromatic nitrogens is 2. The van der Waals surface area contributed by atoms with Crippen LogP contribution in [0.3, 0.4) is 0 Å². The lowest BCUT2D eigenvalue weighted by molar-refractivity contribution is -0.384. The molecule has 2 aromatic rings. The first-order valence-corrected chi connectivity index (χ1v) is 5.90. The molecule has 5 nitrogen and oxygen atoms in total. The number of hydrogen-bond acceptors (Lipinski definition) is 4. The van der Waals surface area contributed by atoms with Crippen molar-refractivity contribution in [3.05, 3.63) is 63.2 Å². The summed E-state index contributed by atoms with van der Waals surface area (Å²) in [6, 6.07) is 4.96. The van der Waals surface area contributed by atoms with E-state index in [2.05, 4.69) is 9.97 Å². The molecule has 0 bridgehead atoms. The van der Waals surface area contributed by atoms with E-state index in [9.17, 15) is 23.3 Å². The van der Waals surface area contributed by atoms with Crippen LogP contribution in [0.4, 0.5) is 18.9 Å². The molecule has 21 heavy (non-hydrogen) atoms. The largest absolute Gasteiger partial charge is 0.433 e. The van der Waals surface area contributed by atoms with Gasteiger partial charge in [0.25, 0.3) is 5.69 Å². The molecule has 0 atom stereocenters. The van der Waals surface area contributed by atoms with Gasteiger partial charge in [0, 0.05) is 24.8 Å². The van der Waals surface area contributed by atoms with Crippen LogP contribution >= 0.6 is 0 Å². The SMILES string of the molecule is Cc1cc([N+](=O)[O-])ccc1Cc1nccc(C(F)(F)F)n1. The van der Waals surface area contributed by atoms with E-state index in [1.54, 1.807) is 6.92 Å². The number of hydrogen-bond donors (Lipinski definition) is 0. The molecule has 8 heteroatoms. The second-order valence-electron chi connectivity index (χ2n) is 4.40. The van der Waals surface area contributed by atoms with Crippen molar-refractivity contribution in [3.63, 3.8) is 0 Å². The number of benzene rings is 1. The molecule has 0 N–H and O–H groups in total. The molecule has 0 aliphatic heterocycles. The molecule has 1 aromatic heterocycles. The van der Waals surface area contributed by atoms with E-state index in [1.807, 2.05) is 0 Å². The van der Waals surface area contributed by atoms with Crippen molar-refractivity contribution in [2.75, 3.05) is 0 Å². The van der Waals surface area contributed by atoms with E-state index in [-0.39, 0.29) is 17.9 Å². The summed E-state index contributed by atoms with van der Waals surface area (Å²) in [6.07, 6.45) is -3.40. The van der Waals surface area contributed by atoms with Crippen molar-refractivity contribution in [3.8, 4) is 0 Å². The van der Waals surface area contributed by atoms with E-state index in [0.717, 1.165) is 12.3 Å². The monoisotopic (exact) mass is 297 g/mol. The fourth-order valence-corrected chi connectivity index (χ4v) is 1.80. The van der Waals surface area contributed by atoms with Gasteiger partial charge in [-0.2, -0.15) is 13.2 Å². The van der Waals surface area contributed by atoms with Crippen LogP contribution in [0.15, 0.2) is 30.5 Å². The Labute approximate surface area is 117 Å². The highest BCUT2D eigenvalue weighted by Gasteiger charge is 2.32. The number of nitro benzene ring substituents is 1. The molecule has 2 rings (SSSR count). The lowest BCUT2D eigenvalue weighted by Crippen LogP contribution is -2.10. The molecule has 0 fully saturated rings. The minimum absolute atomic E-state index is 0.0155. The third-order valence-corrected chi connectivity index (χ3v) is 2.88. The normalized spacial score (nSPS) is 11.4. The molecule has 0 aliphatic rings. The third kappa shape index (κ3) is 3.53. The van der Waals surface area contributed by atoms with Gasteiger partial charge in [-0.05, 0) is 24.1 Å². The Morgan fingerprint density at radius 2 is 2.00 bits per heavy atom. The van der Waals surface area contributed by atoms with Crippen LogP contribution in [0.2, 0.25) is 0 Å². The van der Waals surface area contributed by atoms with Crippen molar-refractivity contribution in [2.24, 2.45) is 0 Å². The van der Waals surface area contributed by atoms with Crippen molar-refractivity contribution < 1.29 is 18.1 Å². The number of nitro groups is 1. The van der Waals surface area contributed by atoms with E-state index in [0.29, 0.717) is 11.1 Å². The van der Waals surface area contributed by atoms with Crippen molar-refractivity contribution in [1.29, 1.82) is 0 Å². The Balaban J connectivity index is 2.28. The van der Waals surface area contributed by atoms with Gasteiger partial charge in [0.05, 0.1) is 4.92 Å². The zero-order chi connectivity index (χ0) is 15.6. The molecule has 0 saturated heterocycles. The summed E-state index contributed by atoms with van der Waals surface area (Å²) >= 11 is 0. The summed E-state index contributed by atoms with van der Waals surface area (Å²) in [5.74, 6) is 0.0155. The molecular formula is C13H10F3N3O2. The van der Waals surface area contributed by atoms with Crippen LogP contribution in [0, 0.1) is 17.0 Å². The van der Waals surface area contributed by atoms with Gasteiger partial charge in [0.15, 0.2) is 0 Å². The molecule has 0 saturated carbocycles. The summed E-state index contributed by atoms with van der Waals surface area (Å²) in [7, 11) is 0. The Morgan fingerprint density at radius 3 is 2.57 bits per heavy atom. The topological polar surface area (TPSA) is 68.9 Å². The molecular weight excluding hydrogens is 287 g/mol. The maximum Gasteiger partial charge on any atom is 0.433 e. The molecule has 1 aromatic carbocycles. The Kier molecular flexibility index (Phi) is 3.88. The molecule has 0 aliphatic carbocycles. The van der Waals surface area contributed by atoms with Gasteiger partial charge in [-0.3, -0.25) is 10.1 Å².